The van der Waals surface area contributed by atoms with Gasteiger partial charge in [0.15, 0.2) is 0 Å². The van der Waals surface area contributed by atoms with Gasteiger partial charge in [-0.3, -0.25) is 9.10 Å². The number of ether oxygens (including phenoxy) is 1. The number of carbonyl (C=O) groups excluding carboxylic acids is 1. The Morgan fingerprint density at radius 3 is 2.07 bits per heavy atom. The van der Waals surface area contributed by atoms with Crippen molar-refractivity contribution < 1.29 is 17.9 Å². The van der Waals surface area contributed by atoms with Crippen LogP contribution < -0.4 is 14.4 Å². The van der Waals surface area contributed by atoms with Crippen molar-refractivity contribution in [2.75, 3.05) is 23.8 Å². The summed E-state index contributed by atoms with van der Waals surface area (Å²) >= 11 is 0. The number of para-hydroxylation sites is 1. The molecule has 6 nitrogen and oxygen atoms in total. The van der Waals surface area contributed by atoms with Crippen molar-refractivity contribution in [3.8, 4) is 5.75 Å². The molecule has 0 saturated heterocycles. The predicted molar refractivity (Wildman–Crippen MR) is 109 cm³/mol. The summed E-state index contributed by atoms with van der Waals surface area (Å²) in [6.45, 7) is 0. The quantitative estimate of drug-likeness (QED) is 0.688. The minimum Gasteiger partial charge on any atom is -0.497 e. The van der Waals surface area contributed by atoms with Gasteiger partial charge in [0.2, 0.25) is 0 Å². The van der Waals surface area contributed by atoms with Crippen molar-refractivity contribution in [3.05, 3.63) is 84.4 Å². The number of benzene rings is 3. The van der Waals surface area contributed by atoms with Gasteiger partial charge < -0.3 is 10.1 Å². The van der Waals surface area contributed by atoms with Crippen molar-refractivity contribution in [2.45, 2.75) is 4.90 Å². The van der Waals surface area contributed by atoms with Crippen LogP contribution in [0.5, 0.6) is 5.75 Å². The van der Waals surface area contributed by atoms with Crippen LogP contribution in [0.1, 0.15) is 10.4 Å². The SMILES string of the molecule is COc1ccc(S(=O)(=O)N(C)c2ccc(C(=O)Nc3ccccc3)cc2)cc1. The van der Waals surface area contributed by atoms with Crippen LogP contribution in [0.2, 0.25) is 0 Å². The molecule has 0 radical (unpaired) electrons. The van der Waals surface area contributed by atoms with Crippen LogP contribution in [-0.2, 0) is 10.0 Å². The number of nitrogens with one attached hydrogen (secondary N) is 1. The van der Waals surface area contributed by atoms with Crippen LogP contribution in [0.4, 0.5) is 11.4 Å². The lowest BCUT2D eigenvalue weighted by atomic mass is 10.2. The van der Waals surface area contributed by atoms with Gasteiger partial charge >= 0.3 is 0 Å². The first-order chi connectivity index (χ1) is 13.4. The van der Waals surface area contributed by atoms with Gasteiger partial charge in [-0.25, -0.2) is 8.42 Å². The maximum atomic E-state index is 12.8. The molecule has 1 amide bonds. The molecular formula is C21H20N2O4S. The molecule has 28 heavy (non-hydrogen) atoms. The van der Waals surface area contributed by atoms with E-state index in [1.54, 1.807) is 48.5 Å². The Kier molecular flexibility index (Phi) is 5.65. The van der Waals surface area contributed by atoms with Gasteiger partial charge in [-0.15, -0.1) is 0 Å². The topological polar surface area (TPSA) is 75.7 Å². The summed E-state index contributed by atoms with van der Waals surface area (Å²) < 4.78 is 31.8. The van der Waals surface area contributed by atoms with Crippen molar-refractivity contribution in [3.63, 3.8) is 0 Å². The molecule has 3 rings (SSSR count). The molecular weight excluding hydrogens is 376 g/mol. The Morgan fingerprint density at radius 1 is 0.893 bits per heavy atom. The second-order valence-corrected chi connectivity index (χ2v) is 7.98. The van der Waals surface area contributed by atoms with E-state index >= 15 is 0 Å². The highest BCUT2D eigenvalue weighted by atomic mass is 32.2. The third kappa shape index (κ3) is 4.15. The summed E-state index contributed by atoms with van der Waals surface area (Å²) in [7, 11) is -0.732. The van der Waals surface area contributed by atoms with E-state index in [9.17, 15) is 13.2 Å². The Bertz CT molecular complexity index is 1050. The zero-order valence-corrected chi connectivity index (χ0v) is 16.3. The maximum Gasteiger partial charge on any atom is 0.264 e. The summed E-state index contributed by atoms with van der Waals surface area (Å²) in [5.74, 6) is 0.314. The lowest BCUT2D eigenvalue weighted by Gasteiger charge is -2.20. The fourth-order valence-electron chi connectivity index (χ4n) is 2.59. The predicted octanol–water partition coefficient (Wildman–Crippen LogP) is 3.77. The lowest BCUT2D eigenvalue weighted by molar-refractivity contribution is 0.102. The highest BCUT2D eigenvalue weighted by molar-refractivity contribution is 7.92. The number of nitrogens with zero attached hydrogens (tertiary/aromatic N) is 1. The molecule has 3 aromatic rings. The first-order valence-electron chi connectivity index (χ1n) is 8.51. The molecule has 0 unspecified atom stereocenters. The number of sulfonamides is 1. The number of anilines is 2. The summed E-state index contributed by atoms with van der Waals surface area (Å²) in [6.07, 6.45) is 0. The standard InChI is InChI=1S/C21H20N2O4S/c1-23(28(25,26)20-14-12-19(27-2)13-15-20)18-10-8-16(9-11-18)21(24)22-17-6-4-3-5-7-17/h3-15H,1-2H3,(H,22,24). The highest BCUT2D eigenvalue weighted by Gasteiger charge is 2.21. The molecule has 0 heterocycles. The van der Waals surface area contributed by atoms with E-state index in [0.717, 1.165) is 0 Å². The van der Waals surface area contributed by atoms with Gasteiger partial charge in [-0.1, -0.05) is 18.2 Å². The van der Waals surface area contributed by atoms with Crippen LogP contribution in [0.25, 0.3) is 0 Å². The highest BCUT2D eigenvalue weighted by Crippen LogP contribution is 2.24. The van der Waals surface area contributed by atoms with E-state index in [1.165, 1.54) is 30.6 Å². The smallest absolute Gasteiger partial charge is 0.264 e. The number of carbonyl (C=O) groups is 1. The van der Waals surface area contributed by atoms with E-state index in [1.807, 2.05) is 18.2 Å². The molecule has 0 aliphatic heterocycles. The molecule has 144 valence electrons. The van der Waals surface area contributed by atoms with Gasteiger partial charge in [-0.2, -0.15) is 0 Å². The van der Waals surface area contributed by atoms with E-state index in [0.29, 0.717) is 22.7 Å². The van der Waals surface area contributed by atoms with Gasteiger partial charge in [0.25, 0.3) is 15.9 Å². The van der Waals surface area contributed by atoms with E-state index in [4.69, 9.17) is 4.74 Å². The van der Waals surface area contributed by atoms with Gasteiger partial charge in [-0.05, 0) is 60.7 Å². The van der Waals surface area contributed by atoms with Crippen molar-refractivity contribution in [2.24, 2.45) is 0 Å². The number of amides is 1. The third-order valence-electron chi connectivity index (χ3n) is 4.24. The van der Waals surface area contributed by atoms with Crippen LogP contribution >= 0.6 is 0 Å². The van der Waals surface area contributed by atoms with Crippen LogP contribution in [0.15, 0.2) is 83.8 Å². The summed E-state index contributed by atoms with van der Waals surface area (Å²) in [4.78, 5) is 12.5. The molecule has 0 atom stereocenters. The van der Waals surface area contributed by atoms with Gasteiger partial charge in [0, 0.05) is 18.3 Å². The Morgan fingerprint density at radius 2 is 1.50 bits per heavy atom. The molecule has 0 spiro atoms. The van der Waals surface area contributed by atoms with E-state index < -0.39 is 10.0 Å². The van der Waals surface area contributed by atoms with Gasteiger partial charge in [0.1, 0.15) is 5.75 Å². The Hall–Kier alpha value is -3.32. The second kappa shape index (κ2) is 8.14. The van der Waals surface area contributed by atoms with Gasteiger partial charge in [0.05, 0.1) is 17.7 Å². The first-order valence-corrected chi connectivity index (χ1v) is 9.95. The average molecular weight is 396 g/mol. The summed E-state index contributed by atoms with van der Waals surface area (Å²) in [5, 5.41) is 2.79. The van der Waals surface area contributed by atoms with Crippen molar-refractivity contribution in [1.29, 1.82) is 0 Å². The summed E-state index contributed by atoms with van der Waals surface area (Å²) in [5.41, 5.74) is 1.57. The third-order valence-corrected chi connectivity index (χ3v) is 6.04. The molecule has 0 aromatic heterocycles. The molecule has 3 aromatic carbocycles. The number of rotatable bonds is 6. The molecule has 7 heteroatoms. The van der Waals surface area contributed by atoms with E-state index in [-0.39, 0.29) is 10.8 Å². The summed E-state index contributed by atoms with van der Waals surface area (Å²) in [6, 6.07) is 21.7. The molecule has 1 N–H and O–H groups in total. The molecule has 0 fully saturated rings. The lowest BCUT2D eigenvalue weighted by Crippen LogP contribution is -2.26. The first kappa shape index (κ1) is 19.4. The monoisotopic (exact) mass is 396 g/mol. The normalized spacial score (nSPS) is 10.9. The second-order valence-electron chi connectivity index (χ2n) is 6.02. The molecule has 0 aliphatic rings. The fourth-order valence-corrected chi connectivity index (χ4v) is 3.79. The Balaban J connectivity index is 1.77. The molecule has 0 bridgehead atoms. The minimum atomic E-state index is -3.72. The zero-order chi connectivity index (χ0) is 20.1. The zero-order valence-electron chi connectivity index (χ0n) is 15.5. The molecule has 0 saturated carbocycles. The maximum absolute atomic E-state index is 12.8. The largest absolute Gasteiger partial charge is 0.497 e. The van der Waals surface area contributed by atoms with Crippen LogP contribution in [0.3, 0.4) is 0 Å². The number of methoxy groups -OCH3 is 1. The van der Waals surface area contributed by atoms with Crippen molar-refractivity contribution >= 4 is 27.3 Å². The molecule has 0 aliphatic carbocycles. The van der Waals surface area contributed by atoms with E-state index in [2.05, 4.69) is 5.32 Å². The fraction of sp³-hybridized carbons (Fsp3) is 0.0952. The Labute approximate surface area is 164 Å². The minimum absolute atomic E-state index is 0.154. The number of hydrogen-bond acceptors (Lipinski definition) is 4. The number of hydrogen-bond donors (Lipinski definition) is 1. The average Bonchev–Trinajstić information content (AvgIpc) is 2.74. The van der Waals surface area contributed by atoms with Crippen LogP contribution in [-0.4, -0.2) is 28.5 Å². The van der Waals surface area contributed by atoms with Crippen molar-refractivity contribution in [1.82, 2.24) is 0 Å². The van der Waals surface area contributed by atoms with Crippen LogP contribution in [0, 0.1) is 0 Å².